The SMILES string of the molecule is COC(=O)c1cncc(NCC2CCCC(c3ccc(C)cc3)O2)c1. The van der Waals surface area contributed by atoms with E-state index < -0.39 is 0 Å². The van der Waals surface area contributed by atoms with Crippen molar-refractivity contribution in [3.63, 3.8) is 0 Å². The number of nitrogens with zero attached hydrogens (tertiary/aromatic N) is 1. The van der Waals surface area contributed by atoms with Gasteiger partial charge in [-0.15, -0.1) is 0 Å². The van der Waals surface area contributed by atoms with Crippen LogP contribution in [0.5, 0.6) is 0 Å². The molecule has 3 rings (SSSR count). The van der Waals surface area contributed by atoms with E-state index >= 15 is 0 Å². The Hall–Kier alpha value is -2.40. The number of nitrogens with one attached hydrogen (secondary N) is 1. The predicted molar refractivity (Wildman–Crippen MR) is 96.7 cm³/mol. The van der Waals surface area contributed by atoms with Gasteiger partial charge in [0.15, 0.2) is 0 Å². The molecular formula is C20H24N2O3. The zero-order valence-corrected chi connectivity index (χ0v) is 14.7. The molecule has 0 aliphatic carbocycles. The fraction of sp³-hybridized carbons (Fsp3) is 0.400. The molecule has 2 unspecified atom stereocenters. The second-order valence-electron chi connectivity index (χ2n) is 6.42. The van der Waals surface area contributed by atoms with Crippen molar-refractivity contribution in [3.8, 4) is 0 Å². The number of carbonyl (C=O) groups is 1. The highest BCUT2D eigenvalue weighted by molar-refractivity contribution is 5.89. The molecule has 1 saturated heterocycles. The smallest absolute Gasteiger partial charge is 0.339 e. The Morgan fingerprint density at radius 3 is 2.84 bits per heavy atom. The minimum atomic E-state index is -0.385. The van der Waals surface area contributed by atoms with Crippen LogP contribution in [0.15, 0.2) is 42.7 Å². The lowest BCUT2D eigenvalue weighted by atomic mass is 9.97. The van der Waals surface area contributed by atoms with Gasteiger partial charge in [-0.05, 0) is 37.8 Å². The third-order valence-electron chi connectivity index (χ3n) is 4.49. The van der Waals surface area contributed by atoms with Crippen molar-refractivity contribution in [3.05, 3.63) is 59.4 Å². The third-order valence-corrected chi connectivity index (χ3v) is 4.49. The molecule has 5 heteroatoms. The van der Waals surface area contributed by atoms with Gasteiger partial charge < -0.3 is 14.8 Å². The molecule has 5 nitrogen and oxygen atoms in total. The third kappa shape index (κ3) is 4.57. The normalized spacial score (nSPS) is 20.1. The summed E-state index contributed by atoms with van der Waals surface area (Å²) in [5.41, 5.74) is 3.74. The lowest BCUT2D eigenvalue weighted by Crippen LogP contribution is -2.29. The number of aryl methyl sites for hydroxylation is 1. The lowest BCUT2D eigenvalue weighted by Gasteiger charge is -2.31. The first-order valence-electron chi connectivity index (χ1n) is 8.65. The molecule has 0 radical (unpaired) electrons. The number of esters is 1. The topological polar surface area (TPSA) is 60.5 Å². The van der Waals surface area contributed by atoms with Crippen LogP contribution in [0.4, 0.5) is 5.69 Å². The molecule has 2 atom stereocenters. The maximum Gasteiger partial charge on any atom is 0.339 e. The van der Waals surface area contributed by atoms with E-state index in [4.69, 9.17) is 9.47 Å². The number of benzene rings is 1. The van der Waals surface area contributed by atoms with Crippen LogP contribution in [-0.4, -0.2) is 30.7 Å². The number of pyridine rings is 1. The molecule has 2 heterocycles. The maximum atomic E-state index is 11.6. The first kappa shape index (κ1) is 17.4. The molecular weight excluding hydrogens is 316 g/mol. The Bertz CT molecular complexity index is 715. The number of hydrogen-bond donors (Lipinski definition) is 1. The molecule has 0 bridgehead atoms. The van der Waals surface area contributed by atoms with Crippen LogP contribution >= 0.6 is 0 Å². The molecule has 1 aliphatic heterocycles. The van der Waals surface area contributed by atoms with Crippen LogP contribution in [0.3, 0.4) is 0 Å². The lowest BCUT2D eigenvalue weighted by molar-refractivity contribution is -0.0442. The van der Waals surface area contributed by atoms with Crippen molar-refractivity contribution in [2.24, 2.45) is 0 Å². The number of hydrogen-bond acceptors (Lipinski definition) is 5. The monoisotopic (exact) mass is 340 g/mol. The fourth-order valence-electron chi connectivity index (χ4n) is 3.07. The highest BCUT2D eigenvalue weighted by Crippen LogP contribution is 2.31. The van der Waals surface area contributed by atoms with Crippen LogP contribution in [0.25, 0.3) is 0 Å². The summed E-state index contributed by atoms with van der Waals surface area (Å²) in [6.07, 6.45) is 6.72. The van der Waals surface area contributed by atoms with Crippen LogP contribution in [-0.2, 0) is 9.47 Å². The van der Waals surface area contributed by atoms with E-state index in [0.29, 0.717) is 12.1 Å². The van der Waals surface area contributed by atoms with Gasteiger partial charge in [-0.3, -0.25) is 4.98 Å². The number of anilines is 1. The van der Waals surface area contributed by atoms with Crippen molar-refractivity contribution >= 4 is 11.7 Å². The minimum Gasteiger partial charge on any atom is -0.465 e. The van der Waals surface area contributed by atoms with E-state index in [1.807, 2.05) is 0 Å². The Morgan fingerprint density at radius 2 is 2.08 bits per heavy atom. The summed E-state index contributed by atoms with van der Waals surface area (Å²) < 4.78 is 11.0. The Balaban J connectivity index is 1.58. The van der Waals surface area contributed by atoms with Gasteiger partial charge in [-0.25, -0.2) is 4.79 Å². The van der Waals surface area contributed by atoms with Crippen molar-refractivity contribution < 1.29 is 14.3 Å². The Kier molecular flexibility index (Phi) is 5.66. The molecule has 0 saturated carbocycles. The maximum absolute atomic E-state index is 11.6. The predicted octanol–water partition coefficient (Wildman–Crippen LogP) is 3.90. The highest BCUT2D eigenvalue weighted by atomic mass is 16.5. The van der Waals surface area contributed by atoms with E-state index in [0.717, 1.165) is 24.9 Å². The van der Waals surface area contributed by atoms with Crippen molar-refractivity contribution in [2.45, 2.75) is 38.4 Å². The Labute approximate surface area is 148 Å². The average Bonchev–Trinajstić information content (AvgIpc) is 2.67. The van der Waals surface area contributed by atoms with E-state index in [1.165, 1.54) is 24.4 Å². The number of aromatic nitrogens is 1. The molecule has 1 fully saturated rings. The summed E-state index contributed by atoms with van der Waals surface area (Å²) in [5, 5.41) is 3.32. The van der Waals surface area contributed by atoms with E-state index in [-0.39, 0.29) is 18.2 Å². The molecule has 0 spiro atoms. The second kappa shape index (κ2) is 8.12. The fourth-order valence-corrected chi connectivity index (χ4v) is 3.07. The first-order valence-corrected chi connectivity index (χ1v) is 8.65. The summed E-state index contributed by atoms with van der Waals surface area (Å²) in [7, 11) is 1.36. The summed E-state index contributed by atoms with van der Waals surface area (Å²) in [6.45, 7) is 2.78. The van der Waals surface area contributed by atoms with Crippen LogP contribution in [0.2, 0.25) is 0 Å². The van der Waals surface area contributed by atoms with Crippen LogP contribution < -0.4 is 5.32 Å². The zero-order chi connectivity index (χ0) is 17.6. The van der Waals surface area contributed by atoms with Crippen molar-refractivity contribution in [1.82, 2.24) is 4.98 Å². The zero-order valence-electron chi connectivity index (χ0n) is 14.7. The van der Waals surface area contributed by atoms with Gasteiger partial charge in [0.2, 0.25) is 0 Å². The van der Waals surface area contributed by atoms with Crippen molar-refractivity contribution in [1.29, 1.82) is 0 Å². The number of ether oxygens (including phenoxy) is 2. The second-order valence-corrected chi connectivity index (χ2v) is 6.42. The van der Waals surface area contributed by atoms with Gasteiger partial charge in [-0.2, -0.15) is 0 Å². The minimum absolute atomic E-state index is 0.141. The van der Waals surface area contributed by atoms with Gasteiger partial charge in [0.05, 0.1) is 30.6 Å². The van der Waals surface area contributed by atoms with E-state index in [2.05, 4.69) is 41.5 Å². The highest BCUT2D eigenvalue weighted by Gasteiger charge is 2.23. The van der Waals surface area contributed by atoms with Gasteiger partial charge in [0, 0.05) is 18.9 Å². The van der Waals surface area contributed by atoms with Gasteiger partial charge in [0.25, 0.3) is 0 Å². The number of rotatable bonds is 5. The first-order chi connectivity index (χ1) is 12.2. The average molecular weight is 340 g/mol. The number of methoxy groups -OCH3 is 1. The van der Waals surface area contributed by atoms with E-state index in [1.54, 1.807) is 12.3 Å². The standard InChI is InChI=1S/C20H24N2O3/c1-14-6-8-15(9-7-14)19-5-3-4-18(25-19)13-22-17-10-16(11-21-12-17)20(23)24-2/h6-12,18-19,22H,3-5,13H2,1-2H3. The van der Waals surface area contributed by atoms with E-state index in [9.17, 15) is 4.79 Å². The molecule has 132 valence electrons. The summed E-state index contributed by atoms with van der Waals surface area (Å²) in [6, 6.07) is 10.3. The molecule has 25 heavy (non-hydrogen) atoms. The molecule has 1 aliphatic rings. The summed E-state index contributed by atoms with van der Waals surface area (Å²) in [5.74, 6) is -0.385. The largest absolute Gasteiger partial charge is 0.465 e. The quantitative estimate of drug-likeness (QED) is 0.837. The molecule has 2 aromatic rings. The van der Waals surface area contributed by atoms with Crippen molar-refractivity contribution in [2.75, 3.05) is 19.0 Å². The number of carbonyl (C=O) groups excluding carboxylic acids is 1. The summed E-state index contributed by atoms with van der Waals surface area (Å²) in [4.78, 5) is 15.7. The molecule has 1 aromatic heterocycles. The summed E-state index contributed by atoms with van der Waals surface area (Å²) >= 11 is 0. The van der Waals surface area contributed by atoms with Gasteiger partial charge >= 0.3 is 5.97 Å². The van der Waals surface area contributed by atoms with Gasteiger partial charge in [0.1, 0.15) is 0 Å². The van der Waals surface area contributed by atoms with Crippen LogP contribution in [0.1, 0.15) is 46.9 Å². The van der Waals surface area contributed by atoms with Gasteiger partial charge in [-0.1, -0.05) is 29.8 Å². The molecule has 1 aromatic carbocycles. The molecule has 0 amide bonds. The van der Waals surface area contributed by atoms with Crippen LogP contribution in [0, 0.1) is 6.92 Å². The Morgan fingerprint density at radius 1 is 1.28 bits per heavy atom. The molecule has 1 N–H and O–H groups in total.